The largest absolute Gasteiger partial charge is 0.380 e. The van der Waals surface area contributed by atoms with Crippen LogP contribution < -0.4 is 5.32 Å². The van der Waals surface area contributed by atoms with Crippen molar-refractivity contribution >= 4 is 40.9 Å². The molecule has 23 heavy (non-hydrogen) atoms. The van der Waals surface area contributed by atoms with Crippen LogP contribution in [0.25, 0.3) is 0 Å². The maximum Gasteiger partial charge on any atom is 0.243 e. The molecule has 0 fully saturated rings. The number of benzene rings is 2. The molecule has 124 valence electrons. The molecule has 0 aliphatic heterocycles. The van der Waals surface area contributed by atoms with Gasteiger partial charge >= 0.3 is 0 Å². The quantitative estimate of drug-likeness (QED) is 0.698. The first-order chi connectivity index (χ1) is 11.0. The molecule has 0 bridgehead atoms. The minimum absolute atomic E-state index is 0.291. The fourth-order valence-electron chi connectivity index (χ4n) is 2.14. The minimum Gasteiger partial charge on any atom is -0.380 e. The van der Waals surface area contributed by atoms with Gasteiger partial charge < -0.3 is 5.32 Å². The highest BCUT2D eigenvalue weighted by molar-refractivity contribution is 9.10. The summed E-state index contributed by atoms with van der Waals surface area (Å²) in [5.41, 5.74) is 2.03. The Morgan fingerprint density at radius 3 is 2.43 bits per heavy atom. The third-order valence-corrected chi connectivity index (χ3v) is 6.76. The van der Waals surface area contributed by atoms with Gasteiger partial charge in [-0.3, -0.25) is 0 Å². The van der Waals surface area contributed by atoms with Gasteiger partial charge in [-0.15, -0.1) is 9.24 Å². The molecule has 0 aliphatic rings. The molecule has 0 spiro atoms. The van der Waals surface area contributed by atoms with E-state index in [2.05, 4.69) is 30.5 Å². The molecule has 0 saturated carbocycles. The van der Waals surface area contributed by atoms with Gasteiger partial charge in [0.1, 0.15) is 0 Å². The van der Waals surface area contributed by atoms with Crippen molar-refractivity contribution in [3.05, 3.63) is 58.6 Å². The zero-order valence-corrected chi connectivity index (χ0v) is 16.4. The van der Waals surface area contributed by atoms with Crippen molar-refractivity contribution in [1.29, 1.82) is 0 Å². The van der Waals surface area contributed by atoms with E-state index in [1.807, 2.05) is 37.3 Å². The standard InChI is InChI=1S/C16H20BrN2O2PS/c1-2-19(12-22)23(20,21)14-8-9-16(15(17)10-14)18-11-13-6-4-3-5-7-13/h3-10,18H,2,11-12,22H2,1H3. The second-order valence-electron chi connectivity index (χ2n) is 4.94. The zero-order valence-electron chi connectivity index (χ0n) is 12.9. The van der Waals surface area contributed by atoms with E-state index in [1.165, 1.54) is 4.31 Å². The Morgan fingerprint density at radius 2 is 1.87 bits per heavy atom. The molecule has 7 heteroatoms. The number of hydrogen-bond acceptors (Lipinski definition) is 3. The second kappa shape index (κ2) is 8.25. The van der Waals surface area contributed by atoms with Gasteiger partial charge in [0.15, 0.2) is 0 Å². The van der Waals surface area contributed by atoms with Crippen LogP contribution in [0.2, 0.25) is 0 Å². The van der Waals surface area contributed by atoms with Gasteiger partial charge in [-0.1, -0.05) is 37.3 Å². The molecule has 2 aromatic carbocycles. The number of hydrogen-bond donors (Lipinski definition) is 1. The van der Waals surface area contributed by atoms with Crippen molar-refractivity contribution in [2.45, 2.75) is 18.4 Å². The molecule has 0 aromatic heterocycles. The van der Waals surface area contributed by atoms with Crippen LogP contribution >= 0.6 is 25.2 Å². The van der Waals surface area contributed by atoms with E-state index in [1.54, 1.807) is 18.2 Å². The van der Waals surface area contributed by atoms with Gasteiger partial charge in [-0.2, -0.15) is 4.31 Å². The molecule has 2 aromatic rings. The molecule has 2 rings (SSSR count). The summed E-state index contributed by atoms with van der Waals surface area (Å²) in [6.45, 7) is 2.95. The average molecular weight is 415 g/mol. The number of nitrogens with one attached hydrogen (secondary N) is 1. The van der Waals surface area contributed by atoms with Crippen LogP contribution in [0.3, 0.4) is 0 Å². The lowest BCUT2D eigenvalue weighted by Gasteiger charge is -2.19. The first kappa shape index (κ1) is 18.4. The first-order valence-electron chi connectivity index (χ1n) is 7.26. The predicted molar refractivity (Wildman–Crippen MR) is 102 cm³/mol. The number of rotatable bonds is 7. The summed E-state index contributed by atoms with van der Waals surface area (Å²) in [6, 6.07) is 15.1. The van der Waals surface area contributed by atoms with E-state index in [9.17, 15) is 8.42 Å². The number of anilines is 1. The lowest BCUT2D eigenvalue weighted by molar-refractivity contribution is 0.476. The Morgan fingerprint density at radius 1 is 1.17 bits per heavy atom. The van der Waals surface area contributed by atoms with E-state index in [-0.39, 0.29) is 0 Å². The lowest BCUT2D eigenvalue weighted by Crippen LogP contribution is -2.29. The maximum atomic E-state index is 12.5. The van der Waals surface area contributed by atoms with Crippen LogP contribution in [0.15, 0.2) is 57.9 Å². The van der Waals surface area contributed by atoms with Crippen LogP contribution in [0.4, 0.5) is 5.69 Å². The minimum atomic E-state index is -3.45. The molecule has 1 unspecified atom stereocenters. The summed E-state index contributed by atoms with van der Waals surface area (Å²) < 4.78 is 27.2. The van der Waals surface area contributed by atoms with Crippen LogP contribution in [-0.2, 0) is 16.6 Å². The van der Waals surface area contributed by atoms with E-state index < -0.39 is 10.0 Å². The van der Waals surface area contributed by atoms with Crippen molar-refractivity contribution in [2.24, 2.45) is 0 Å². The summed E-state index contributed by atoms with van der Waals surface area (Å²) in [5, 5.41) is 3.31. The van der Waals surface area contributed by atoms with E-state index >= 15 is 0 Å². The average Bonchev–Trinajstić information content (AvgIpc) is 2.55. The SMILES string of the molecule is CCN(CP)S(=O)(=O)c1ccc(NCc2ccccc2)c(Br)c1. The Hall–Kier alpha value is -0.940. The first-order valence-corrected chi connectivity index (χ1v) is 10.3. The van der Waals surface area contributed by atoms with E-state index in [0.717, 1.165) is 15.7 Å². The van der Waals surface area contributed by atoms with Crippen molar-refractivity contribution < 1.29 is 8.42 Å². The highest BCUT2D eigenvalue weighted by Crippen LogP contribution is 2.28. The molecule has 0 amide bonds. The lowest BCUT2D eigenvalue weighted by atomic mass is 10.2. The highest BCUT2D eigenvalue weighted by Gasteiger charge is 2.22. The summed E-state index contributed by atoms with van der Waals surface area (Å²) >= 11 is 3.46. The molecule has 0 radical (unpaired) electrons. The van der Waals surface area contributed by atoms with Gasteiger partial charge in [0, 0.05) is 29.5 Å². The van der Waals surface area contributed by atoms with Crippen molar-refractivity contribution in [3.8, 4) is 0 Å². The number of halogens is 1. The molecular weight excluding hydrogens is 395 g/mol. The molecule has 0 heterocycles. The topological polar surface area (TPSA) is 49.4 Å². The van der Waals surface area contributed by atoms with Crippen molar-refractivity contribution in [3.63, 3.8) is 0 Å². The van der Waals surface area contributed by atoms with E-state index in [0.29, 0.717) is 24.3 Å². The Labute approximate surface area is 148 Å². The fraction of sp³-hybridized carbons (Fsp3) is 0.250. The summed E-state index contributed by atoms with van der Waals surface area (Å²) in [6.07, 6.45) is 0.379. The van der Waals surface area contributed by atoms with Crippen LogP contribution in [0.1, 0.15) is 12.5 Å². The molecule has 0 aliphatic carbocycles. The van der Waals surface area contributed by atoms with Gasteiger partial charge in [-0.25, -0.2) is 8.42 Å². The third kappa shape index (κ3) is 4.54. The van der Waals surface area contributed by atoms with Crippen LogP contribution in [0.5, 0.6) is 0 Å². The normalized spacial score (nSPS) is 11.7. The highest BCUT2D eigenvalue weighted by atomic mass is 79.9. The summed E-state index contributed by atoms with van der Waals surface area (Å²) in [5.74, 6) is 0. The monoisotopic (exact) mass is 414 g/mol. The van der Waals surface area contributed by atoms with Crippen LogP contribution in [-0.4, -0.2) is 25.6 Å². The molecule has 1 N–H and O–H groups in total. The summed E-state index contributed by atoms with van der Waals surface area (Å²) in [7, 11) is -1.00. The maximum absolute atomic E-state index is 12.5. The van der Waals surface area contributed by atoms with Gasteiger partial charge in [-0.05, 0) is 39.7 Å². The Balaban J connectivity index is 2.18. The second-order valence-corrected chi connectivity index (χ2v) is 8.09. The number of sulfonamides is 1. The molecular formula is C16H20BrN2O2PS. The van der Waals surface area contributed by atoms with Gasteiger partial charge in [0.25, 0.3) is 0 Å². The third-order valence-electron chi connectivity index (χ3n) is 3.46. The van der Waals surface area contributed by atoms with Crippen LogP contribution in [0, 0.1) is 0 Å². The zero-order chi connectivity index (χ0) is 16.9. The fourth-order valence-corrected chi connectivity index (χ4v) is 5.00. The molecule has 1 atom stereocenters. The smallest absolute Gasteiger partial charge is 0.243 e. The van der Waals surface area contributed by atoms with Gasteiger partial charge in [0.2, 0.25) is 10.0 Å². The van der Waals surface area contributed by atoms with Crippen molar-refractivity contribution in [1.82, 2.24) is 4.31 Å². The molecule has 4 nitrogen and oxygen atoms in total. The van der Waals surface area contributed by atoms with E-state index in [4.69, 9.17) is 0 Å². The molecule has 0 saturated heterocycles. The van der Waals surface area contributed by atoms with Crippen molar-refractivity contribution in [2.75, 3.05) is 18.1 Å². The van der Waals surface area contributed by atoms with Gasteiger partial charge in [0.05, 0.1) is 4.90 Å². The summed E-state index contributed by atoms with van der Waals surface area (Å²) in [4.78, 5) is 0.291. The Kier molecular flexibility index (Phi) is 6.60. The predicted octanol–water partition coefficient (Wildman–Crippen LogP) is 3.90. The Bertz CT molecular complexity index is 750. The number of nitrogens with zero attached hydrogens (tertiary/aromatic N) is 1.